The second-order valence-electron chi connectivity index (χ2n) is 3.90. The van der Waals surface area contributed by atoms with Crippen molar-refractivity contribution in [2.24, 2.45) is 11.8 Å². The van der Waals surface area contributed by atoms with Crippen molar-refractivity contribution in [3.8, 4) is 0 Å². The van der Waals surface area contributed by atoms with Gasteiger partial charge in [-0.2, -0.15) is 0 Å². The molecular weight excluding hydrogens is 162 g/mol. The van der Waals surface area contributed by atoms with Crippen molar-refractivity contribution < 1.29 is 4.79 Å². The third-order valence-corrected chi connectivity index (χ3v) is 2.26. The smallest absolute Gasteiger partial charge is 0.255 e. The molecule has 0 saturated heterocycles. The van der Waals surface area contributed by atoms with Crippen LogP contribution in [0.25, 0.3) is 0 Å². The Labute approximate surface area is 79.7 Å². The number of nitrogens with one attached hydrogen (secondary N) is 1. The topological polar surface area (TPSA) is 29.1 Å². The van der Waals surface area contributed by atoms with Gasteiger partial charge < -0.3 is 5.32 Å². The van der Waals surface area contributed by atoms with Crippen LogP contribution in [0.4, 0.5) is 0 Å². The fraction of sp³-hybridized carbons (Fsp3) is 0.636. The molecule has 0 atom stereocenters. The van der Waals surface area contributed by atoms with Gasteiger partial charge in [-0.1, -0.05) is 20.4 Å². The van der Waals surface area contributed by atoms with Crippen LogP contribution in [0.2, 0.25) is 0 Å². The normalized spacial score (nSPS) is 15.3. The van der Waals surface area contributed by atoms with Gasteiger partial charge in [-0.05, 0) is 24.7 Å². The van der Waals surface area contributed by atoms with E-state index in [0.717, 1.165) is 12.5 Å². The summed E-state index contributed by atoms with van der Waals surface area (Å²) in [5.74, 6) is 0.927. The van der Waals surface area contributed by atoms with Gasteiger partial charge in [0.2, 0.25) is 0 Å². The lowest BCUT2D eigenvalue weighted by Crippen LogP contribution is -2.28. The van der Waals surface area contributed by atoms with Gasteiger partial charge in [0.05, 0.1) is 5.57 Å². The maximum Gasteiger partial charge on any atom is 0.255 e. The summed E-state index contributed by atoms with van der Waals surface area (Å²) in [6.07, 6.45) is 2.52. The molecule has 0 bridgehead atoms. The minimum atomic E-state index is -0.00287. The molecule has 1 aliphatic carbocycles. The Morgan fingerprint density at radius 3 is 2.62 bits per heavy atom. The Kier molecular flexibility index (Phi) is 3.32. The Morgan fingerprint density at radius 2 is 2.23 bits per heavy atom. The minimum Gasteiger partial charge on any atom is -0.351 e. The number of rotatable bonds is 4. The maximum absolute atomic E-state index is 11.5. The number of hydrogen-bond acceptors (Lipinski definition) is 1. The van der Waals surface area contributed by atoms with E-state index in [2.05, 4.69) is 17.6 Å². The second-order valence-corrected chi connectivity index (χ2v) is 3.90. The molecule has 1 aliphatic rings. The predicted molar refractivity (Wildman–Crippen MR) is 53.2 cm³/mol. The van der Waals surface area contributed by atoms with Gasteiger partial charge >= 0.3 is 0 Å². The van der Waals surface area contributed by atoms with E-state index in [4.69, 9.17) is 0 Å². The van der Waals surface area contributed by atoms with E-state index in [-0.39, 0.29) is 11.8 Å². The average molecular weight is 179 g/mol. The van der Waals surface area contributed by atoms with Gasteiger partial charge in [0.1, 0.15) is 0 Å². The highest BCUT2D eigenvalue weighted by molar-refractivity contribution is 5.93. The lowest BCUT2D eigenvalue weighted by molar-refractivity contribution is -0.117. The quantitative estimate of drug-likeness (QED) is 0.518. The average Bonchev–Trinajstić information content (AvgIpc) is 2.84. The number of carbonyl (C=O) groups excluding carboxylic acids is 1. The third-order valence-electron chi connectivity index (χ3n) is 2.26. The molecule has 1 rings (SSSR count). The summed E-state index contributed by atoms with van der Waals surface area (Å²) in [6.45, 7) is 8.29. The first-order valence-corrected chi connectivity index (χ1v) is 4.83. The molecule has 1 saturated carbocycles. The number of carbonyl (C=O) groups is 1. The van der Waals surface area contributed by atoms with Gasteiger partial charge in [0.25, 0.3) is 5.91 Å². The van der Waals surface area contributed by atoms with Crippen molar-refractivity contribution in [2.45, 2.75) is 26.7 Å². The first-order chi connectivity index (χ1) is 6.15. The highest BCUT2D eigenvalue weighted by atomic mass is 16.1. The van der Waals surface area contributed by atoms with Crippen molar-refractivity contribution in [3.63, 3.8) is 0 Å². The van der Waals surface area contributed by atoms with Gasteiger partial charge in [-0.25, -0.2) is 0 Å². The Bertz CT molecular complexity index is 245. The third kappa shape index (κ3) is 3.08. The molecule has 0 aromatic rings. The van der Waals surface area contributed by atoms with E-state index in [1.165, 1.54) is 12.8 Å². The molecule has 72 valence electrons. The van der Waals surface area contributed by atoms with Gasteiger partial charge in [0.15, 0.2) is 0 Å². The van der Waals surface area contributed by atoms with E-state index in [0.29, 0.717) is 5.57 Å². The molecule has 0 unspecified atom stereocenters. The zero-order valence-electron chi connectivity index (χ0n) is 8.39. The molecule has 13 heavy (non-hydrogen) atoms. The van der Waals surface area contributed by atoms with Crippen LogP contribution in [0.5, 0.6) is 0 Å². The molecule has 0 radical (unpaired) electrons. The monoisotopic (exact) mass is 179 g/mol. The summed E-state index contributed by atoms with van der Waals surface area (Å²) in [6, 6.07) is 0. The number of hydrogen-bond donors (Lipinski definition) is 1. The molecule has 2 heteroatoms. The number of amides is 1. The molecule has 1 amide bonds. The van der Waals surface area contributed by atoms with Crippen LogP contribution in [0.15, 0.2) is 17.9 Å². The molecule has 0 aromatic carbocycles. The standard InChI is InChI=1S/C11H17NO/c1-4-10(8(2)3)11(13)12-7-9-5-6-9/h8-9H,1,5-7H2,2-3H3,(H,12,13). The summed E-state index contributed by atoms with van der Waals surface area (Å²) < 4.78 is 0. The van der Waals surface area contributed by atoms with Crippen molar-refractivity contribution in [1.82, 2.24) is 5.32 Å². The fourth-order valence-electron chi connectivity index (χ4n) is 1.20. The minimum absolute atomic E-state index is 0.00287. The Morgan fingerprint density at radius 1 is 1.62 bits per heavy atom. The van der Waals surface area contributed by atoms with Gasteiger partial charge in [0, 0.05) is 6.54 Å². The second kappa shape index (κ2) is 4.29. The van der Waals surface area contributed by atoms with Gasteiger partial charge in [-0.15, -0.1) is 5.73 Å². The first kappa shape index (κ1) is 10.1. The van der Waals surface area contributed by atoms with Crippen LogP contribution in [0.3, 0.4) is 0 Å². The van der Waals surface area contributed by atoms with E-state index < -0.39 is 0 Å². The van der Waals surface area contributed by atoms with E-state index in [1.54, 1.807) is 0 Å². The molecule has 1 fully saturated rings. The summed E-state index contributed by atoms with van der Waals surface area (Å²) in [5.41, 5.74) is 3.37. The van der Waals surface area contributed by atoms with Crippen LogP contribution >= 0.6 is 0 Å². The van der Waals surface area contributed by atoms with E-state index >= 15 is 0 Å². The lowest BCUT2D eigenvalue weighted by Gasteiger charge is -2.08. The van der Waals surface area contributed by atoms with Crippen LogP contribution in [-0.4, -0.2) is 12.5 Å². The largest absolute Gasteiger partial charge is 0.351 e. The van der Waals surface area contributed by atoms with Crippen molar-refractivity contribution in [2.75, 3.05) is 6.54 Å². The molecule has 0 aliphatic heterocycles. The molecule has 1 N–H and O–H groups in total. The van der Waals surface area contributed by atoms with Crippen LogP contribution in [-0.2, 0) is 4.79 Å². The fourth-order valence-corrected chi connectivity index (χ4v) is 1.20. The SMILES string of the molecule is C=C=C(C(=O)NCC1CC1)C(C)C. The maximum atomic E-state index is 11.5. The zero-order valence-corrected chi connectivity index (χ0v) is 8.39. The van der Waals surface area contributed by atoms with E-state index in [1.807, 2.05) is 13.8 Å². The van der Waals surface area contributed by atoms with Crippen molar-refractivity contribution in [3.05, 3.63) is 17.9 Å². The van der Waals surface area contributed by atoms with Crippen LogP contribution in [0, 0.1) is 11.8 Å². The predicted octanol–water partition coefficient (Wildman–Crippen LogP) is 1.88. The summed E-state index contributed by atoms with van der Waals surface area (Å²) in [4.78, 5) is 11.5. The van der Waals surface area contributed by atoms with Crippen LogP contribution in [0.1, 0.15) is 26.7 Å². The van der Waals surface area contributed by atoms with Crippen LogP contribution < -0.4 is 5.32 Å². The summed E-state index contributed by atoms with van der Waals surface area (Å²) in [5, 5.41) is 2.90. The highest BCUT2D eigenvalue weighted by Crippen LogP contribution is 2.27. The van der Waals surface area contributed by atoms with E-state index in [9.17, 15) is 4.79 Å². The molecule has 2 nitrogen and oxygen atoms in total. The van der Waals surface area contributed by atoms with Crippen molar-refractivity contribution >= 4 is 5.91 Å². The summed E-state index contributed by atoms with van der Waals surface area (Å²) >= 11 is 0. The first-order valence-electron chi connectivity index (χ1n) is 4.83. The van der Waals surface area contributed by atoms with Gasteiger partial charge in [-0.3, -0.25) is 4.79 Å². The highest BCUT2D eigenvalue weighted by Gasteiger charge is 2.22. The zero-order chi connectivity index (χ0) is 9.84. The Balaban J connectivity index is 2.39. The molecule has 0 spiro atoms. The molecule has 0 aromatic heterocycles. The van der Waals surface area contributed by atoms with Crippen molar-refractivity contribution in [1.29, 1.82) is 0 Å². The summed E-state index contributed by atoms with van der Waals surface area (Å²) in [7, 11) is 0. The lowest BCUT2D eigenvalue weighted by atomic mass is 10.0. The molecule has 0 heterocycles. The molecular formula is C11H17NO. The Hall–Kier alpha value is -1.01.